The van der Waals surface area contributed by atoms with Gasteiger partial charge in [-0.25, -0.2) is 4.98 Å². The summed E-state index contributed by atoms with van der Waals surface area (Å²) in [7, 11) is 0. The van der Waals surface area contributed by atoms with Crippen molar-refractivity contribution in [2.75, 3.05) is 6.61 Å². The highest BCUT2D eigenvalue weighted by molar-refractivity contribution is 7.09. The first-order valence-electron chi connectivity index (χ1n) is 5.83. The number of hydrogen-bond donors (Lipinski definition) is 1. The fraction of sp³-hybridized carbons (Fsp3) is 0.308. The molecular weight excluding hydrogens is 248 g/mol. The Labute approximate surface area is 109 Å². The molecule has 1 aliphatic heterocycles. The van der Waals surface area contributed by atoms with Crippen LogP contribution in [-0.4, -0.2) is 11.6 Å². The SMILES string of the molecule is CC(N)c1csc(C2COc3ccccc3O2)n1. The monoisotopic (exact) mass is 262 g/mol. The van der Waals surface area contributed by atoms with E-state index in [1.165, 1.54) is 0 Å². The average Bonchev–Trinajstić information content (AvgIpc) is 2.88. The Morgan fingerprint density at radius 3 is 2.89 bits per heavy atom. The number of rotatable bonds is 2. The average molecular weight is 262 g/mol. The van der Waals surface area contributed by atoms with E-state index in [-0.39, 0.29) is 12.1 Å². The van der Waals surface area contributed by atoms with Crippen molar-refractivity contribution in [1.82, 2.24) is 4.98 Å². The van der Waals surface area contributed by atoms with Crippen LogP contribution >= 0.6 is 11.3 Å². The minimum atomic E-state index is -0.141. The van der Waals surface area contributed by atoms with Gasteiger partial charge in [-0.3, -0.25) is 0 Å². The maximum absolute atomic E-state index is 5.89. The molecule has 18 heavy (non-hydrogen) atoms. The maximum Gasteiger partial charge on any atom is 0.184 e. The normalized spacial score (nSPS) is 19.6. The lowest BCUT2D eigenvalue weighted by Gasteiger charge is -2.24. The molecule has 2 unspecified atom stereocenters. The number of nitrogens with two attached hydrogens (primary N) is 1. The van der Waals surface area contributed by atoms with Crippen molar-refractivity contribution in [3.05, 3.63) is 40.3 Å². The molecule has 0 saturated carbocycles. The van der Waals surface area contributed by atoms with Crippen LogP contribution in [0.1, 0.15) is 29.8 Å². The highest BCUT2D eigenvalue weighted by atomic mass is 32.1. The van der Waals surface area contributed by atoms with Crippen molar-refractivity contribution in [3.8, 4) is 11.5 Å². The van der Waals surface area contributed by atoms with Gasteiger partial charge in [-0.2, -0.15) is 0 Å². The first kappa shape index (κ1) is 11.5. The summed E-state index contributed by atoms with van der Waals surface area (Å²) in [4.78, 5) is 4.49. The van der Waals surface area contributed by atoms with Gasteiger partial charge in [0.25, 0.3) is 0 Å². The first-order valence-corrected chi connectivity index (χ1v) is 6.71. The maximum atomic E-state index is 5.89. The summed E-state index contributed by atoms with van der Waals surface area (Å²) in [5.41, 5.74) is 6.71. The van der Waals surface area contributed by atoms with E-state index in [0.717, 1.165) is 22.2 Å². The third kappa shape index (κ3) is 2.07. The molecule has 1 aromatic carbocycles. The van der Waals surface area contributed by atoms with Gasteiger partial charge in [0.05, 0.1) is 5.69 Å². The summed E-state index contributed by atoms with van der Waals surface area (Å²) in [6, 6.07) is 7.62. The standard InChI is InChI=1S/C13H14N2O2S/c1-8(14)9-7-18-13(15-9)12-6-16-10-4-2-3-5-11(10)17-12/h2-5,7-8,12H,6,14H2,1H3. The number of hydrogen-bond acceptors (Lipinski definition) is 5. The molecule has 0 fully saturated rings. The highest BCUT2D eigenvalue weighted by Crippen LogP contribution is 2.36. The summed E-state index contributed by atoms with van der Waals surface area (Å²) in [6.45, 7) is 2.41. The van der Waals surface area contributed by atoms with Crippen LogP contribution in [0.3, 0.4) is 0 Å². The molecule has 2 N–H and O–H groups in total. The molecule has 0 radical (unpaired) electrons. The van der Waals surface area contributed by atoms with Crippen molar-refractivity contribution < 1.29 is 9.47 Å². The van der Waals surface area contributed by atoms with Crippen LogP contribution in [0.15, 0.2) is 29.6 Å². The van der Waals surface area contributed by atoms with E-state index >= 15 is 0 Å². The Bertz CT molecular complexity index is 553. The van der Waals surface area contributed by atoms with Crippen LogP contribution in [0.5, 0.6) is 11.5 Å². The molecule has 3 rings (SSSR count). The summed E-state index contributed by atoms with van der Waals surface area (Å²) >= 11 is 1.56. The van der Waals surface area contributed by atoms with Crippen molar-refractivity contribution in [2.45, 2.75) is 19.1 Å². The quantitative estimate of drug-likeness (QED) is 0.904. The molecule has 0 saturated heterocycles. The summed E-state index contributed by atoms with van der Waals surface area (Å²) in [6.07, 6.45) is -0.141. The number of benzene rings is 1. The summed E-state index contributed by atoms with van der Waals surface area (Å²) in [5.74, 6) is 1.56. The molecule has 0 bridgehead atoms. The van der Waals surface area contributed by atoms with E-state index in [0.29, 0.717) is 6.61 Å². The third-order valence-electron chi connectivity index (χ3n) is 2.79. The zero-order valence-corrected chi connectivity index (χ0v) is 10.8. The van der Waals surface area contributed by atoms with E-state index in [2.05, 4.69) is 4.98 Å². The largest absolute Gasteiger partial charge is 0.485 e. The number of para-hydroxylation sites is 2. The van der Waals surface area contributed by atoms with Crippen molar-refractivity contribution >= 4 is 11.3 Å². The summed E-state index contributed by atoms with van der Waals surface area (Å²) < 4.78 is 11.6. The van der Waals surface area contributed by atoms with Gasteiger partial charge in [-0.15, -0.1) is 11.3 Å². The van der Waals surface area contributed by atoms with Crippen LogP contribution in [0, 0.1) is 0 Å². The topological polar surface area (TPSA) is 57.4 Å². The van der Waals surface area contributed by atoms with Gasteiger partial charge in [0, 0.05) is 11.4 Å². The number of thiazole rings is 1. The van der Waals surface area contributed by atoms with Crippen LogP contribution in [0.25, 0.3) is 0 Å². The van der Waals surface area contributed by atoms with Crippen LogP contribution in [-0.2, 0) is 0 Å². The Hall–Kier alpha value is -1.59. The minimum absolute atomic E-state index is 0.0493. The van der Waals surface area contributed by atoms with Gasteiger partial charge in [0.15, 0.2) is 17.6 Å². The minimum Gasteiger partial charge on any atom is -0.485 e. The van der Waals surface area contributed by atoms with Gasteiger partial charge in [-0.1, -0.05) is 12.1 Å². The molecule has 94 valence electrons. The molecule has 0 amide bonds. The summed E-state index contributed by atoms with van der Waals surface area (Å²) in [5, 5.41) is 2.89. The molecular formula is C13H14N2O2S. The fourth-order valence-corrected chi connectivity index (χ4v) is 2.73. The van der Waals surface area contributed by atoms with Gasteiger partial charge in [0.1, 0.15) is 11.6 Å². The molecule has 1 aliphatic rings. The number of fused-ring (bicyclic) bond motifs is 1. The first-order chi connectivity index (χ1) is 8.74. The van der Waals surface area contributed by atoms with Gasteiger partial charge in [0.2, 0.25) is 0 Å². The van der Waals surface area contributed by atoms with Crippen LogP contribution in [0.2, 0.25) is 0 Å². The lowest BCUT2D eigenvalue weighted by Crippen LogP contribution is -2.21. The molecule has 2 heterocycles. The van der Waals surface area contributed by atoms with E-state index in [4.69, 9.17) is 15.2 Å². The highest BCUT2D eigenvalue weighted by Gasteiger charge is 2.25. The second-order valence-electron chi connectivity index (χ2n) is 4.26. The van der Waals surface area contributed by atoms with Crippen LogP contribution in [0.4, 0.5) is 0 Å². The number of nitrogens with zero attached hydrogens (tertiary/aromatic N) is 1. The van der Waals surface area contributed by atoms with Gasteiger partial charge < -0.3 is 15.2 Å². The molecule has 2 atom stereocenters. The van der Waals surface area contributed by atoms with E-state index in [1.807, 2.05) is 36.6 Å². The molecule has 4 nitrogen and oxygen atoms in total. The van der Waals surface area contributed by atoms with Crippen molar-refractivity contribution in [3.63, 3.8) is 0 Å². The Kier molecular flexibility index (Phi) is 2.93. The van der Waals surface area contributed by atoms with Crippen molar-refractivity contribution in [1.29, 1.82) is 0 Å². The van der Waals surface area contributed by atoms with E-state index in [9.17, 15) is 0 Å². The molecule has 5 heteroatoms. The van der Waals surface area contributed by atoms with Crippen LogP contribution < -0.4 is 15.2 Å². The zero-order valence-electron chi connectivity index (χ0n) is 10.00. The third-order valence-corrected chi connectivity index (χ3v) is 3.75. The second-order valence-corrected chi connectivity index (χ2v) is 5.15. The van der Waals surface area contributed by atoms with Gasteiger partial charge >= 0.3 is 0 Å². The van der Waals surface area contributed by atoms with E-state index in [1.54, 1.807) is 11.3 Å². The molecule has 0 aliphatic carbocycles. The number of ether oxygens (including phenoxy) is 2. The predicted molar refractivity (Wildman–Crippen MR) is 70.0 cm³/mol. The Morgan fingerprint density at radius 1 is 1.39 bits per heavy atom. The van der Waals surface area contributed by atoms with E-state index < -0.39 is 0 Å². The molecule has 2 aromatic rings. The predicted octanol–water partition coefficient (Wildman–Crippen LogP) is 2.68. The number of aromatic nitrogens is 1. The molecule has 1 aromatic heterocycles. The second kappa shape index (κ2) is 4.59. The zero-order chi connectivity index (χ0) is 12.5. The Morgan fingerprint density at radius 2 is 2.17 bits per heavy atom. The lowest BCUT2D eigenvalue weighted by molar-refractivity contribution is 0.0909. The van der Waals surface area contributed by atoms with Crippen molar-refractivity contribution in [2.24, 2.45) is 5.73 Å². The lowest BCUT2D eigenvalue weighted by atomic mass is 10.2. The smallest absolute Gasteiger partial charge is 0.184 e. The van der Waals surface area contributed by atoms with Gasteiger partial charge in [-0.05, 0) is 19.1 Å². The Balaban J connectivity index is 1.83. The fourth-order valence-electron chi connectivity index (χ4n) is 1.80. The molecule has 0 spiro atoms.